The first kappa shape index (κ1) is 12.6. The molecule has 0 N–H and O–H groups in total. The molecule has 0 bridgehead atoms. The summed E-state index contributed by atoms with van der Waals surface area (Å²) in [4.78, 5) is 4.10. The predicted octanol–water partition coefficient (Wildman–Crippen LogP) is 3.40. The van der Waals surface area contributed by atoms with Gasteiger partial charge in [-0.15, -0.1) is 0 Å². The smallest absolute Gasteiger partial charge is 0.0946 e. The highest BCUT2D eigenvalue weighted by molar-refractivity contribution is 7.80. The van der Waals surface area contributed by atoms with Gasteiger partial charge in [0, 0.05) is 18.9 Å². The molecule has 0 fully saturated rings. The first-order valence-corrected chi connectivity index (χ1v) is 6.46. The zero-order chi connectivity index (χ0) is 11.1. The summed E-state index contributed by atoms with van der Waals surface area (Å²) in [5.41, 5.74) is 0.354. The van der Waals surface area contributed by atoms with Crippen molar-refractivity contribution in [2.45, 2.75) is 46.1 Å². The summed E-state index contributed by atoms with van der Waals surface area (Å²) >= 11 is 4.55. The Balaban J connectivity index is 2.69. The normalized spacial score (nSPS) is 11.9. The lowest BCUT2D eigenvalue weighted by Crippen LogP contribution is -2.28. The van der Waals surface area contributed by atoms with E-state index in [0.29, 0.717) is 5.41 Å². The first-order chi connectivity index (χ1) is 7.26. The molecule has 0 spiro atoms. The van der Waals surface area contributed by atoms with Gasteiger partial charge in [0.25, 0.3) is 0 Å². The Hall–Kier alpha value is -0.440. The molecule has 0 amide bonds. The lowest BCUT2D eigenvalue weighted by molar-refractivity contribution is 0.231. The van der Waals surface area contributed by atoms with Crippen molar-refractivity contribution in [2.75, 3.05) is 5.75 Å². The second kappa shape index (κ2) is 6.21. The minimum Gasteiger partial charge on any atom is -0.337 e. The number of hydrogen-bond donors (Lipinski definition) is 1. The van der Waals surface area contributed by atoms with Gasteiger partial charge in [-0.1, -0.05) is 26.7 Å². The van der Waals surface area contributed by atoms with Crippen LogP contribution in [0.5, 0.6) is 0 Å². The van der Waals surface area contributed by atoms with Gasteiger partial charge in [-0.3, -0.25) is 0 Å². The topological polar surface area (TPSA) is 17.8 Å². The molecular weight excluding hydrogens is 204 g/mol. The van der Waals surface area contributed by atoms with Crippen LogP contribution < -0.4 is 0 Å². The van der Waals surface area contributed by atoms with Crippen molar-refractivity contribution in [1.29, 1.82) is 0 Å². The summed E-state index contributed by atoms with van der Waals surface area (Å²) in [5.74, 6) is 0.965. The molecule has 0 aliphatic rings. The van der Waals surface area contributed by atoms with E-state index in [0.717, 1.165) is 12.3 Å². The van der Waals surface area contributed by atoms with Crippen molar-refractivity contribution in [3.05, 3.63) is 18.7 Å². The molecule has 0 radical (unpaired) electrons. The first-order valence-electron chi connectivity index (χ1n) is 5.83. The molecule has 1 rings (SSSR count). The molecule has 1 aromatic heterocycles. The van der Waals surface area contributed by atoms with E-state index in [4.69, 9.17) is 0 Å². The van der Waals surface area contributed by atoms with Crippen LogP contribution in [0.15, 0.2) is 18.7 Å². The Morgan fingerprint density at radius 1 is 1.27 bits per heavy atom. The van der Waals surface area contributed by atoms with Gasteiger partial charge in [-0.2, -0.15) is 12.6 Å². The molecule has 0 saturated heterocycles. The second-order valence-corrected chi connectivity index (χ2v) is 4.71. The number of imidazole rings is 1. The molecule has 3 heteroatoms. The van der Waals surface area contributed by atoms with E-state index in [9.17, 15) is 0 Å². The van der Waals surface area contributed by atoms with Crippen LogP contribution in [0.25, 0.3) is 0 Å². The molecule has 0 aliphatic carbocycles. The van der Waals surface area contributed by atoms with Gasteiger partial charge in [0.2, 0.25) is 0 Å². The van der Waals surface area contributed by atoms with E-state index >= 15 is 0 Å². The van der Waals surface area contributed by atoms with Gasteiger partial charge in [0.1, 0.15) is 0 Å². The van der Waals surface area contributed by atoms with Crippen molar-refractivity contribution in [1.82, 2.24) is 9.55 Å². The summed E-state index contributed by atoms with van der Waals surface area (Å²) in [6.07, 6.45) is 10.8. The van der Waals surface area contributed by atoms with Crippen LogP contribution >= 0.6 is 12.6 Å². The maximum Gasteiger partial charge on any atom is 0.0946 e. The van der Waals surface area contributed by atoms with Crippen LogP contribution in [0.1, 0.15) is 39.5 Å². The van der Waals surface area contributed by atoms with Gasteiger partial charge in [0.05, 0.1) is 6.33 Å². The maximum absolute atomic E-state index is 4.55. The second-order valence-electron chi connectivity index (χ2n) is 4.39. The SMILES string of the molecule is CCCC(CS)(CCC)Cn1ccnc1. The van der Waals surface area contributed by atoms with Gasteiger partial charge >= 0.3 is 0 Å². The largest absolute Gasteiger partial charge is 0.337 e. The Bertz CT molecular complexity index is 251. The fourth-order valence-electron chi connectivity index (χ4n) is 2.32. The monoisotopic (exact) mass is 226 g/mol. The summed E-state index contributed by atoms with van der Waals surface area (Å²) in [5, 5.41) is 0. The zero-order valence-electron chi connectivity index (χ0n) is 9.82. The quantitative estimate of drug-likeness (QED) is 0.706. The van der Waals surface area contributed by atoms with Gasteiger partial charge < -0.3 is 4.57 Å². The van der Waals surface area contributed by atoms with Gasteiger partial charge in [-0.25, -0.2) is 4.98 Å². The average Bonchev–Trinajstić information content (AvgIpc) is 2.71. The van der Waals surface area contributed by atoms with Crippen LogP contribution in [-0.4, -0.2) is 15.3 Å². The molecule has 15 heavy (non-hydrogen) atoms. The number of aromatic nitrogens is 2. The maximum atomic E-state index is 4.55. The fraction of sp³-hybridized carbons (Fsp3) is 0.750. The molecular formula is C12H22N2S. The third kappa shape index (κ3) is 3.56. The molecule has 0 aliphatic heterocycles. The Kier molecular flexibility index (Phi) is 5.23. The molecule has 2 nitrogen and oxygen atoms in total. The number of hydrogen-bond acceptors (Lipinski definition) is 2. The molecule has 0 unspecified atom stereocenters. The van der Waals surface area contributed by atoms with E-state index < -0.39 is 0 Å². The predicted molar refractivity (Wildman–Crippen MR) is 68.3 cm³/mol. The summed E-state index contributed by atoms with van der Waals surface area (Å²) in [7, 11) is 0. The minimum absolute atomic E-state index is 0.354. The van der Waals surface area contributed by atoms with Crippen LogP contribution in [0.3, 0.4) is 0 Å². The zero-order valence-corrected chi connectivity index (χ0v) is 10.7. The molecule has 1 aromatic rings. The van der Waals surface area contributed by atoms with Crippen molar-refractivity contribution < 1.29 is 0 Å². The highest BCUT2D eigenvalue weighted by Gasteiger charge is 2.27. The highest BCUT2D eigenvalue weighted by Crippen LogP contribution is 2.33. The number of rotatable bonds is 7. The van der Waals surface area contributed by atoms with Crippen molar-refractivity contribution in [3.8, 4) is 0 Å². The van der Waals surface area contributed by atoms with E-state index in [1.165, 1.54) is 25.7 Å². The van der Waals surface area contributed by atoms with E-state index in [1.807, 2.05) is 18.7 Å². The van der Waals surface area contributed by atoms with Crippen LogP contribution in [0.4, 0.5) is 0 Å². The van der Waals surface area contributed by atoms with E-state index in [2.05, 4.69) is 36.0 Å². The molecule has 86 valence electrons. The summed E-state index contributed by atoms with van der Waals surface area (Å²) in [6, 6.07) is 0. The van der Waals surface area contributed by atoms with Crippen molar-refractivity contribution >= 4 is 12.6 Å². The van der Waals surface area contributed by atoms with Crippen molar-refractivity contribution in [2.24, 2.45) is 5.41 Å². The van der Waals surface area contributed by atoms with E-state index in [1.54, 1.807) is 0 Å². The van der Waals surface area contributed by atoms with Crippen LogP contribution in [0, 0.1) is 5.41 Å². The lowest BCUT2D eigenvalue weighted by atomic mass is 9.81. The Morgan fingerprint density at radius 2 is 1.93 bits per heavy atom. The van der Waals surface area contributed by atoms with Gasteiger partial charge in [0.15, 0.2) is 0 Å². The summed E-state index contributed by atoms with van der Waals surface area (Å²) < 4.78 is 2.18. The van der Waals surface area contributed by atoms with E-state index in [-0.39, 0.29) is 0 Å². The third-order valence-electron chi connectivity index (χ3n) is 2.97. The number of thiol groups is 1. The Labute approximate surface area is 98.5 Å². The average molecular weight is 226 g/mol. The number of nitrogens with zero attached hydrogens (tertiary/aromatic N) is 2. The molecule has 0 atom stereocenters. The Morgan fingerprint density at radius 3 is 2.33 bits per heavy atom. The fourth-order valence-corrected chi connectivity index (χ4v) is 2.74. The standard InChI is InChI=1S/C12H22N2S/c1-3-5-12(10-15,6-4-2)9-14-8-7-13-11-14/h7-8,11,15H,3-6,9-10H2,1-2H3. The van der Waals surface area contributed by atoms with Crippen LogP contribution in [-0.2, 0) is 6.54 Å². The lowest BCUT2D eigenvalue weighted by Gasteiger charge is -2.32. The molecule has 0 aromatic carbocycles. The highest BCUT2D eigenvalue weighted by atomic mass is 32.1. The third-order valence-corrected chi connectivity index (χ3v) is 3.64. The molecule has 1 heterocycles. The van der Waals surface area contributed by atoms with Crippen LogP contribution in [0.2, 0.25) is 0 Å². The van der Waals surface area contributed by atoms with Gasteiger partial charge in [-0.05, 0) is 24.0 Å². The minimum atomic E-state index is 0.354. The van der Waals surface area contributed by atoms with Crippen molar-refractivity contribution in [3.63, 3.8) is 0 Å². The molecule has 0 saturated carbocycles. The summed E-state index contributed by atoms with van der Waals surface area (Å²) in [6.45, 7) is 5.56.